The summed E-state index contributed by atoms with van der Waals surface area (Å²) in [4.78, 5) is 16.5. The van der Waals surface area contributed by atoms with Gasteiger partial charge in [0, 0.05) is 5.02 Å². The molecule has 0 spiro atoms. The summed E-state index contributed by atoms with van der Waals surface area (Å²) in [6.45, 7) is 6.26. The van der Waals surface area contributed by atoms with Gasteiger partial charge in [0.05, 0.1) is 0 Å². The van der Waals surface area contributed by atoms with Gasteiger partial charge in [-0.25, -0.2) is 0 Å². The van der Waals surface area contributed by atoms with Crippen LogP contribution in [0.4, 0.5) is 0 Å². The van der Waals surface area contributed by atoms with Crippen molar-refractivity contribution in [2.45, 2.75) is 55.7 Å². The average molecular weight is 486 g/mol. The first-order chi connectivity index (χ1) is 11.8. The quantitative estimate of drug-likeness (QED) is 0.367. The summed E-state index contributed by atoms with van der Waals surface area (Å²) >= 11 is 6.61. The molecule has 0 radical (unpaired) electrons. The number of halogens is 1. The Bertz CT molecular complexity index is 720. The van der Waals surface area contributed by atoms with Crippen molar-refractivity contribution in [3.63, 3.8) is 0 Å². The molecule has 1 aliphatic carbocycles. The van der Waals surface area contributed by atoms with Crippen LogP contribution in [0.5, 0.6) is 0 Å². The zero-order valence-electron chi connectivity index (χ0n) is 15.8. The van der Waals surface area contributed by atoms with Crippen molar-refractivity contribution in [1.29, 1.82) is 0 Å². The minimum Gasteiger partial charge on any atom is -0.0843 e. The van der Waals surface area contributed by atoms with Gasteiger partial charge in [0.2, 0.25) is 0 Å². The third kappa shape index (κ3) is 5.84. The maximum absolute atomic E-state index is 10.9. The molecule has 0 saturated carbocycles. The fourth-order valence-corrected chi connectivity index (χ4v) is 7.76. The van der Waals surface area contributed by atoms with Gasteiger partial charge in [0.15, 0.2) is 0 Å². The fourth-order valence-electron chi connectivity index (χ4n) is 3.27. The molecular weight excluding hydrogens is 458 g/mol. The molecule has 3 rings (SSSR count). The second-order valence-electron chi connectivity index (χ2n) is 7.17. The molecule has 0 saturated heterocycles. The Morgan fingerprint density at radius 3 is 2.48 bits per heavy atom. The molecule has 1 aromatic heterocycles. The molecule has 1 aromatic carbocycles. The number of thiophene rings is 1. The van der Waals surface area contributed by atoms with Crippen LogP contribution in [0, 0.1) is 5.92 Å². The molecule has 25 heavy (non-hydrogen) atoms. The number of aryl methyl sites for hydroxylation is 1. The van der Waals surface area contributed by atoms with Crippen LogP contribution >= 0.6 is 22.9 Å². The van der Waals surface area contributed by atoms with Gasteiger partial charge in [-0.2, -0.15) is 0 Å². The molecule has 0 amide bonds. The monoisotopic (exact) mass is 484 g/mol. The smallest absolute Gasteiger partial charge is 0.0408 e. The number of benzene rings is 1. The largest absolute Gasteiger partial charge is 0.0843 e. The molecule has 0 aliphatic heterocycles. The van der Waals surface area contributed by atoms with Gasteiger partial charge < -0.3 is 0 Å². The molecule has 136 valence electrons. The number of ketones is 1. The van der Waals surface area contributed by atoms with Crippen LogP contribution in [-0.4, -0.2) is 26.0 Å². The van der Waals surface area contributed by atoms with E-state index >= 15 is 0 Å². The van der Waals surface area contributed by atoms with Crippen molar-refractivity contribution in [3.05, 3.63) is 51.4 Å². The molecule has 0 N–H and O–H groups in total. The van der Waals surface area contributed by atoms with Gasteiger partial charge in [-0.1, -0.05) is 31.5 Å². The number of rotatable bonds is 3. The van der Waals surface area contributed by atoms with E-state index < -0.39 is 20.2 Å². The van der Waals surface area contributed by atoms with Crippen molar-refractivity contribution in [2.75, 3.05) is 0 Å². The van der Waals surface area contributed by atoms with E-state index in [9.17, 15) is 4.79 Å². The number of hydrogen-bond acceptors (Lipinski definition) is 2. The predicted molar refractivity (Wildman–Crippen MR) is 113 cm³/mol. The van der Waals surface area contributed by atoms with Crippen molar-refractivity contribution < 1.29 is 4.79 Å². The molecule has 1 atom stereocenters. The van der Waals surface area contributed by atoms with E-state index in [-0.39, 0.29) is 5.78 Å². The summed E-state index contributed by atoms with van der Waals surface area (Å²) in [6, 6.07) is 10.5. The van der Waals surface area contributed by atoms with Gasteiger partial charge >= 0.3 is 78.6 Å². The maximum Gasteiger partial charge on any atom is 0.0408 e. The first-order valence-electron chi connectivity index (χ1n) is 8.86. The third-order valence-corrected chi connectivity index (χ3v) is 12.0. The van der Waals surface area contributed by atoms with Gasteiger partial charge in [-0.3, -0.25) is 0 Å². The first-order valence-corrected chi connectivity index (χ1v) is 16.4. The van der Waals surface area contributed by atoms with Crippen molar-refractivity contribution in [1.82, 2.24) is 0 Å². The summed E-state index contributed by atoms with van der Waals surface area (Å²) in [5, 5.41) is 0.883. The molecule has 1 aliphatic rings. The van der Waals surface area contributed by atoms with Crippen LogP contribution in [0.25, 0.3) is 0 Å². The van der Waals surface area contributed by atoms with Crippen LogP contribution in [0.2, 0.25) is 14.8 Å². The van der Waals surface area contributed by atoms with Gasteiger partial charge in [-0.15, -0.1) is 0 Å². The zero-order chi connectivity index (χ0) is 18.6. The normalized spacial score (nSPS) is 16.4. The summed E-state index contributed by atoms with van der Waals surface area (Å²) in [7, 11) is 0. The van der Waals surface area contributed by atoms with E-state index in [1.54, 1.807) is 18.3 Å². The van der Waals surface area contributed by atoms with Gasteiger partial charge in [-0.05, 0) is 54.4 Å². The van der Waals surface area contributed by atoms with Crippen molar-refractivity contribution >= 4 is 51.8 Å². The Morgan fingerprint density at radius 1 is 1.24 bits per heavy atom. The fraction of sp³-hybridized carbons (Fsp3) is 0.476. The van der Waals surface area contributed by atoms with E-state index in [4.69, 9.17) is 11.6 Å². The molecule has 1 nitrogen and oxygen atoms in total. The molecule has 4 heteroatoms. The number of carbonyl (C=O) groups is 1. The van der Waals surface area contributed by atoms with Gasteiger partial charge in [0.25, 0.3) is 0 Å². The second kappa shape index (κ2) is 9.58. The summed E-state index contributed by atoms with van der Waals surface area (Å²) < 4.78 is 1.47. The van der Waals surface area contributed by atoms with Crippen LogP contribution in [0.15, 0.2) is 30.3 Å². The maximum atomic E-state index is 10.9. The van der Waals surface area contributed by atoms with E-state index in [1.807, 2.05) is 12.1 Å². The van der Waals surface area contributed by atoms with Gasteiger partial charge in [0.1, 0.15) is 0 Å². The van der Waals surface area contributed by atoms with E-state index in [0.717, 1.165) is 21.7 Å². The van der Waals surface area contributed by atoms with Crippen molar-refractivity contribution in [3.8, 4) is 0 Å². The Hall–Kier alpha value is -0.302. The predicted octanol–water partition coefficient (Wildman–Crippen LogP) is 6.33. The van der Waals surface area contributed by atoms with E-state index in [0.29, 0.717) is 0 Å². The van der Waals surface area contributed by atoms with Crippen LogP contribution in [0.3, 0.4) is 0 Å². The average Bonchev–Trinajstić information content (AvgIpc) is 3.05. The Balaban J connectivity index is 0.000000186. The van der Waals surface area contributed by atoms with Crippen molar-refractivity contribution in [2.24, 2.45) is 5.92 Å². The Kier molecular flexibility index (Phi) is 8.05. The summed E-state index contributed by atoms with van der Waals surface area (Å²) in [6.07, 6.45) is 3.86. The zero-order valence-corrected chi connectivity index (χ0v) is 19.9. The van der Waals surface area contributed by atoms with E-state index in [1.165, 1.54) is 33.2 Å². The second-order valence-corrected chi connectivity index (χ2v) is 16.1. The van der Waals surface area contributed by atoms with Crippen LogP contribution < -0.4 is 2.82 Å². The van der Waals surface area contributed by atoms with Crippen LogP contribution in [-0.2, 0) is 6.42 Å². The standard InChI is InChI=1S/C13H17Cl.C6H5OS.2CH3.Sb/c1-9(2)12-5-3-4-10-8-11(14)6-7-13(10)12;1-5(7)6-3-2-4-8-6;;;/h6-9,12H,3-5H2,1-2H3;2-3H,1H3;2*1H3;. The number of fused-ring (bicyclic) bond motifs is 1. The van der Waals surface area contributed by atoms with Crippen LogP contribution in [0.1, 0.15) is 60.3 Å². The molecule has 0 bridgehead atoms. The SMILES string of the molecule is CC(=O)c1cc[c]([Sb]([CH3])[CH3])s1.CC(C)C1CCCc2cc(Cl)ccc21. The molecule has 0 fully saturated rings. The first kappa shape index (κ1) is 21.0. The topological polar surface area (TPSA) is 17.1 Å². The minimum atomic E-state index is -1.07. The number of hydrogen-bond donors (Lipinski definition) is 0. The van der Waals surface area contributed by atoms with E-state index in [2.05, 4.69) is 41.8 Å². The molecule has 1 unspecified atom stereocenters. The summed E-state index contributed by atoms with van der Waals surface area (Å²) in [5.74, 6) is 1.69. The summed E-state index contributed by atoms with van der Waals surface area (Å²) in [5.41, 5.74) is 3.01. The molecule has 2 aromatic rings. The minimum absolute atomic E-state index is 0.198. The Morgan fingerprint density at radius 2 is 1.96 bits per heavy atom. The number of carbonyl (C=O) groups excluding carboxylic acids is 1. The Labute approximate surface area is 168 Å². The third-order valence-electron chi connectivity index (χ3n) is 4.65. The molecule has 1 heterocycles. The number of Topliss-reactive ketones (excluding diaryl/α,β-unsaturated/α-hetero) is 1. The molecular formula is C21H28ClOSSb.